The SMILES string of the molecule is O=C(c1ccc(CCl)cc1)c1ccc[nH]1. The smallest absolute Gasteiger partial charge is 0.209 e. The Hall–Kier alpha value is -1.54. The molecule has 0 fully saturated rings. The van der Waals surface area contributed by atoms with Gasteiger partial charge in [0, 0.05) is 17.6 Å². The van der Waals surface area contributed by atoms with Crippen LogP contribution in [0.15, 0.2) is 42.6 Å². The normalized spacial score (nSPS) is 10.2. The van der Waals surface area contributed by atoms with Crippen LogP contribution in [-0.2, 0) is 5.88 Å². The molecule has 0 aliphatic heterocycles. The first kappa shape index (κ1) is 9.99. The van der Waals surface area contributed by atoms with Crippen LogP contribution in [0.2, 0.25) is 0 Å². The molecule has 3 heteroatoms. The Morgan fingerprint density at radius 1 is 1.20 bits per heavy atom. The van der Waals surface area contributed by atoms with Gasteiger partial charge in [-0.05, 0) is 17.7 Å². The van der Waals surface area contributed by atoms with Crippen molar-refractivity contribution < 1.29 is 4.79 Å². The molecule has 1 N–H and O–H groups in total. The van der Waals surface area contributed by atoms with Gasteiger partial charge in [0.1, 0.15) is 0 Å². The van der Waals surface area contributed by atoms with Crippen molar-refractivity contribution in [2.45, 2.75) is 5.88 Å². The Labute approximate surface area is 92.9 Å². The largest absolute Gasteiger partial charge is 0.359 e. The maximum absolute atomic E-state index is 11.8. The van der Waals surface area contributed by atoms with E-state index in [4.69, 9.17) is 11.6 Å². The van der Waals surface area contributed by atoms with Gasteiger partial charge in [-0.2, -0.15) is 0 Å². The highest BCUT2D eigenvalue weighted by molar-refractivity contribution is 6.17. The first-order valence-corrected chi connectivity index (χ1v) is 5.17. The number of ketones is 1. The van der Waals surface area contributed by atoms with Gasteiger partial charge in [-0.1, -0.05) is 24.3 Å². The van der Waals surface area contributed by atoms with E-state index < -0.39 is 0 Å². The number of hydrogen-bond donors (Lipinski definition) is 1. The van der Waals surface area contributed by atoms with Gasteiger partial charge >= 0.3 is 0 Å². The van der Waals surface area contributed by atoms with Crippen molar-refractivity contribution in [1.82, 2.24) is 4.98 Å². The van der Waals surface area contributed by atoms with E-state index >= 15 is 0 Å². The summed E-state index contributed by atoms with van der Waals surface area (Å²) in [6.45, 7) is 0. The molecule has 1 aromatic heterocycles. The topological polar surface area (TPSA) is 32.9 Å². The van der Waals surface area contributed by atoms with Gasteiger partial charge in [0.15, 0.2) is 0 Å². The lowest BCUT2D eigenvalue weighted by molar-refractivity contribution is 0.103. The van der Waals surface area contributed by atoms with Gasteiger partial charge in [-0.3, -0.25) is 4.79 Å². The van der Waals surface area contributed by atoms with E-state index in [0.29, 0.717) is 17.1 Å². The quantitative estimate of drug-likeness (QED) is 0.625. The van der Waals surface area contributed by atoms with Crippen molar-refractivity contribution in [3.63, 3.8) is 0 Å². The molecule has 76 valence electrons. The van der Waals surface area contributed by atoms with Crippen molar-refractivity contribution in [3.05, 3.63) is 59.4 Å². The highest BCUT2D eigenvalue weighted by Gasteiger charge is 2.08. The second-order valence-electron chi connectivity index (χ2n) is 3.24. The minimum atomic E-state index is 0.00104. The Kier molecular flexibility index (Phi) is 2.88. The lowest BCUT2D eigenvalue weighted by Gasteiger charge is -1.99. The number of aromatic nitrogens is 1. The number of carbonyl (C=O) groups excluding carboxylic acids is 1. The summed E-state index contributed by atoms with van der Waals surface area (Å²) in [5, 5.41) is 0. The molecule has 1 aromatic carbocycles. The molecule has 0 spiro atoms. The number of halogens is 1. The van der Waals surface area contributed by atoms with E-state index in [0.717, 1.165) is 5.56 Å². The van der Waals surface area contributed by atoms with Crippen LogP contribution in [-0.4, -0.2) is 10.8 Å². The Bertz CT molecular complexity index is 445. The summed E-state index contributed by atoms with van der Waals surface area (Å²) >= 11 is 5.67. The van der Waals surface area contributed by atoms with E-state index in [1.807, 2.05) is 12.1 Å². The number of alkyl halides is 1. The maximum atomic E-state index is 11.8. The fourth-order valence-electron chi connectivity index (χ4n) is 1.37. The van der Waals surface area contributed by atoms with E-state index in [1.54, 1.807) is 30.5 Å². The molecule has 0 radical (unpaired) electrons. The molecule has 0 aliphatic carbocycles. The molecule has 0 aliphatic rings. The summed E-state index contributed by atoms with van der Waals surface area (Å²) in [7, 11) is 0. The third-order valence-corrected chi connectivity index (χ3v) is 2.52. The van der Waals surface area contributed by atoms with Crippen LogP contribution in [0.1, 0.15) is 21.6 Å². The van der Waals surface area contributed by atoms with E-state index in [-0.39, 0.29) is 5.78 Å². The molecule has 2 nitrogen and oxygen atoms in total. The average molecular weight is 220 g/mol. The van der Waals surface area contributed by atoms with E-state index in [1.165, 1.54) is 0 Å². The fourth-order valence-corrected chi connectivity index (χ4v) is 1.55. The van der Waals surface area contributed by atoms with Crippen LogP contribution in [0.5, 0.6) is 0 Å². The zero-order valence-corrected chi connectivity index (χ0v) is 8.79. The number of hydrogen-bond acceptors (Lipinski definition) is 1. The lowest BCUT2D eigenvalue weighted by Crippen LogP contribution is -2.01. The molecule has 0 saturated heterocycles. The minimum Gasteiger partial charge on any atom is -0.359 e. The molecule has 0 saturated carbocycles. The second kappa shape index (κ2) is 4.32. The van der Waals surface area contributed by atoms with E-state index in [2.05, 4.69) is 4.98 Å². The van der Waals surface area contributed by atoms with Crippen LogP contribution in [0, 0.1) is 0 Å². The number of aromatic amines is 1. The first-order chi connectivity index (χ1) is 7.31. The zero-order chi connectivity index (χ0) is 10.7. The standard InChI is InChI=1S/C12H10ClNO/c13-8-9-3-5-10(6-4-9)12(15)11-2-1-7-14-11/h1-7,14H,8H2. The molecule has 0 bridgehead atoms. The molecule has 0 unspecified atom stereocenters. The Morgan fingerprint density at radius 2 is 1.93 bits per heavy atom. The highest BCUT2D eigenvalue weighted by atomic mass is 35.5. The lowest BCUT2D eigenvalue weighted by atomic mass is 10.1. The number of rotatable bonds is 3. The summed E-state index contributed by atoms with van der Waals surface area (Å²) in [5.74, 6) is 0.470. The summed E-state index contributed by atoms with van der Waals surface area (Å²) < 4.78 is 0. The number of H-pyrrole nitrogens is 1. The third-order valence-electron chi connectivity index (χ3n) is 2.21. The van der Waals surface area contributed by atoms with Crippen LogP contribution in [0.3, 0.4) is 0 Å². The molecule has 2 rings (SSSR count). The molecule has 1 heterocycles. The van der Waals surface area contributed by atoms with Gasteiger partial charge in [0.2, 0.25) is 5.78 Å². The van der Waals surface area contributed by atoms with Crippen LogP contribution < -0.4 is 0 Å². The van der Waals surface area contributed by atoms with Crippen LogP contribution in [0.25, 0.3) is 0 Å². The third kappa shape index (κ3) is 2.10. The summed E-state index contributed by atoms with van der Waals surface area (Å²) in [5.41, 5.74) is 2.29. The second-order valence-corrected chi connectivity index (χ2v) is 3.51. The van der Waals surface area contributed by atoms with Gasteiger partial charge in [-0.15, -0.1) is 11.6 Å². The number of benzene rings is 1. The van der Waals surface area contributed by atoms with Gasteiger partial charge in [0.05, 0.1) is 5.69 Å². The summed E-state index contributed by atoms with van der Waals surface area (Å²) in [4.78, 5) is 14.7. The van der Waals surface area contributed by atoms with Crippen LogP contribution in [0.4, 0.5) is 0 Å². The van der Waals surface area contributed by atoms with Gasteiger partial charge < -0.3 is 4.98 Å². The monoisotopic (exact) mass is 219 g/mol. The number of nitrogens with one attached hydrogen (secondary N) is 1. The fraction of sp³-hybridized carbons (Fsp3) is 0.0833. The molecule has 15 heavy (non-hydrogen) atoms. The zero-order valence-electron chi connectivity index (χ0n) is 8.03. The summed E-state index contributed by atoms with van der Waals surface area (Å²) in [6.07, 6.45) is 1.74. The van der Waals surface area contributed by atoms with E-state index in [9.17, 15) is 4.79 Å². The predicted octanol–water partition coefficient (Wildman–Crippen LogP) is 2.98. The van der Waals surface area contributed by atoms with Crippen molar-refractivity contribution >= 4 is 17.4 Å². The average Bonchev–Trinajstić information content (AvgIpc) is 2.82. The van der Waals surface area contributed by atoms with Crippen LogP contribution >= 0.6 is 11.6 Å². The van der Waals surface area contributed by atoms with Crippen molar-refractivity contribution in [2.24, 2.45) is 0 Å². The summed E-state index contributed by atoms with van der Waals surface area (Å²) in [6, 6.07) is 10.9. The number of carbonyl (C=O) groups is 1. The predicted molar refractivity (Wildman–Crippen MR) is 60.2 cm³/mol. The molecular weight excluding hydrogens is 210 g/mol. The minimum absolute atomic E-state index is 0.00104. The van der Waals surface area contributed by atoms with Crippen molar-refractivity contribution in [3.8, 4) is 0 Å². The van der Waals surface area contributed by atoms with Crippen molar-refractivity contribution in [1.29, 1.82) is 0 Å². The first-order valence-electron chi connectivity index (χ1n) is 4.64. The Balaban J connectivity index is 2.27. The van der Waals surface area contributed by atoms with Gasteiger partial charge in [0.25, 0.3) is 0 Å². The molecular formula is C12H10ClNO. The van der Waals surface area contributed by atoms with Gasteiger partial charge in [-0.25, -0.2) is 0 Å². The molecule has 0 amide bonds. The molecule has 0 atom stereocenters. The van der Waals surface area contributed by atoms with Crippen molar-refractivity contribution in [2.75, 3.05) is 0 Å². The maximum Gasteiger partial charge on any atom is 0.209 e. The molecule has 2 aromatic rings. The highest BCUT2D eigenvalue weighted by Crippen LogP contribution is 2.10. The Morgan fingerprint density at radius 3 is 2.47 bits per heavy atom.